The minimum Gasteiger partial charge on any atom is -0.396 e. The summed E-state index contributed by atoms with van der Waals surface area (Å²) in [6.07, 6.45) is 5.91. The standard InChI is InChI=1S/C12H20N4O2/c1-16-7-6-11(15-16)14-12(18)13-10-5-3-2-4-9(10)8-17/h6-7,9-10,17H,2-5,8H2,1H3,(H2,13,14,15,18). The fourth-order valence-electron chi connectivity index (χ4n) is 2.42. The molecule has 18 heavy (non-hydrogen) atoms. The highest BCUT2D eigenvalue weighted by Crippen LogP contribution is 2.23. The van der Waals surface area contributed by atoms with Crippen LogP contribution in [-0.2, 0) is 7.05 Å². The molecule has 2 atom stereocenters. The molecule has 6 nitrogen and oxygen atoms in total. The van der Waals surface area contributed by atoms with Gasteiger partial charge in [0, 0.05) is 37.9 Å². The topological polar surface area (TPSA) is 79.2 Å². The number of nitrogens with one attached hydrogen (secondary N) is 2. The molecule has 1 aromatic heterocycles. The third-order valence-corrected chi connectivity index (χ3v) is 3.42. The Morgan fingerprint density at radius 2 is 2.33 bits per heavy atom. The summed E-state index contributed by atoms with van der Waals surface area (Å²) in [6.45, 7) is 0.133. The van der Waals surface area contributed by atoms with Gasteiger partial charge in [-0.05, 0) is 12.8 Å². The number of aliphatic hydroxyl groups excluding tert-OH is 1. The number of aryl methyl sites for hydroxylation is 1. The van der Waals surface area contributed by atoms with E-state index in [0.29, 0.717) is 5.82 Å². The molecule has 1 aromatic rings. The van der Waals surface area contributed by atoms with Crippen LogP contribution in [0.4, 0.5) is 10.6 Å². The average molecular weight is 252 g/mol. The van der Waals surface area contributed by atoms with Crippen molar-refractivity contribution in [2.75, 3.05) is 11.9 Å². The van der Waals surface area contributed by atoms with E-state index in [4.69, 9.17) is 0 Å². The lowest BCUT2D eigenvalue weighted by Gasteiger charge is -2.30. The fourth-order valence-corrected chi connectivity index (χ4v) is 2.42. The number of aromatic nitrogens is 2. The zero-order chi connectivity index (χ0) is 13.0. The Labute approximate surface area is 106 Å². The van der Waals surface area contributed by atoms with E-state index in [1.54, 1.807) is 24.0 Å². The SMILES string of the molecule is Cn1ccc(NC(=O)NC2CCCCC2CO)n1. The Balaban J connectivity index is 1.86. The number of nitrogens with zero attached hydrogens (tertiary/aromatic N) is 2. The summed E-state index contributed by atoms with van der Waals surface area (Å²) in [7, 11) is 1.80. The van der Waals surface area contributed by atoms with Crippen LogP contribution in [0.25, 0.3) is 0 Å². The molecule has 6 heteroatoms. The van der Waals surface area contributed by atoms with Gasteiger partial charge >= 0.3 is 6.03 Å². The highest BCUT2D eigenvalue weighted by atomic mass is 16.3. The van der Waals surface area contributed by atoms with E-state index >= 15 is 0 Å². The maximum atomic E-state index is 11.8. The maximum Gasteiger partial charge on any atom is 0.320 e. The van der Waals surface area contributed by atoms with Crippen molar-refractivity contribution in [2.45, 2.75) is 31.7 Å². The van der Waals surface area contributed by atoms with Gasteiger partial charge in [0.2, 0.25) is 0 Å². The second kappa shape index (κ2) is 5.86. The first-order valence-corrected chi connectivity index (χ1v) is 6.37. The van der Waals surface area contributed by atoms with Crippen LogP contribution in [0, 0.1) is 5.92 Å². The van der Waals surface area contributed by atoms with Crippen molar-refractivity contribution in [3.8, 4) is 0 Å². The second-order valence-corrected chi connectivity index (χ2v) is 4.81. The van der Waals surface area contributed by atoms with Crippen molar-refractivity contribution >= 4 is 11.8 Å². The largest absolute Gasteiger partial charge is 0.396 e. The minimum absolute atomic E-state index is 0.0625. The van der Waals surface area contributed by atoms with Crippen molar-refractivity contribution in [1.82, 2.24) is 15.1 Å². The fraction of sp³-hybridized carbons (Fsp3) is 0.667. The Bertz CT molecular complexity index is 405. The third kappa shape index (κ3) is 3.22. The van der Waals surface area contributed by atoms with Gasteiger partial charge in [-0.25, -0.2) is 4.79 Å². The van der Waals surface area contributed by atoms with E-state index in [9.17, 15) is 9.90 Å². The van der Waals surface area contributed by atoms with E-state index in [2.05, 4.69) is 15.7 Å². The average Bonchev–Trinajstić information content (AvgIpc) is 2.75. The molecule has 2 unspecified atom stereocenters. The Kier molecular flexibility index (Phi) is 4.19. The lowest BCUT2D eigenvalue weighted by Crippen LogP contribution is -2.45. The smallest absolute Gasteiger partial charge is 0.320 e. The zero-order valence-electron chi connectivity index (χ0n) is 10.6. The first kappa shape index (κ1) is 12.9. The lowest BCUT2D eigenvalue weighted by atomic mass is 9.85. The lowest BCUT2D eigenvalue weighted by molar-refractivity contribution is 0.156. The minimum atomic E-state index is -0.251. The van der Waals surface area contributed by atoms with Gasteiger partial charge in [0.05, 0.1) is 0 Å². The van der Waals surface area contributed by atoms with Gasteiger partial charge in [-0.15, -0.1) is 0 Å². The van der Waals surface area contributed by atoms with Crippen LogP contribution in [0.2, 0.25) is 0 Å². The number of carbonyl (C=O) groups excluding carboxylic acids is 1. The molecule has 1 heterocycles. The van der Waals surface area contributed by atoms with E-state index in [1.165, 1.54) is 0 Å². The molecule has 0 spiro atoms. The molecule has 0 aromatic carbocycles. The van der Waals surface area contributed by atoms with Crippen LogP contribution in [0.5, 0.6) is 0 Å². The second-order valence-electron chi connectivity index (χ2n) is 4.81. The molecule has 100 valence electrons. The summed E-state index contributed by atoms with van der Waals surface area (Å²) in [5.41, 5.74) is 0. The maximum absolute atomic E-state index is 11.8. The van der Waals surface area contributed by atoms with Crippen LogP contribution in [0.3, 0.4) is 0 Å². The van der Waals surface area contributed by atoms with Crippen LogP contribution < -0.4 is 10.6 Å². The number of urea groups is 1. The molecule has 1 saturated carbocycles. The molecule has 1 aliphatic carbocycles. The molecule has 2 rings (SSSR count). The summed E-state index contributed by atoms with van der Waals surface area (Å²) >= 11 is 0. The summed E-state index contributed by atoms with van der Waals surface area (Å²) in [6, 6.07) is 1.55. The van der Waals surface area contributed by atoms with E-state index in [-0.39, 0.29) is 24.6 Å². The van der Waals surface area contributed by atoms with Gasteiger partial charge in [0.15, 0.2) is 5.82 Å². The third-order valence-electron chi connectivity index (χ3n) is 3.42. The predicted molar refractivity (Wildman–Crippen MR) is 68.2 cm³/mol. The van der Waals surface area contributed by atoms with Crippen LogP contribution in [0.1, 0.15) is 25.7 Å². The first-order valence-electron chi connectivity index (χ1n) is 6.37. The Hall–Kier alpha value is -1.56. The number of carbonyl (C=O) groups is 1. The quantitative estimate of drug-likeness (QED) is 0.753. The molecule has 0 aliphatic heterocycles. The number of anilines is 1. The van der Waals surface area contributed by atoms with Crippen molar-refractivity contribution in [1.29, 1.82) is 0 Å². The van der Waals surface area contributed by atoms with Gasteiger partial charge in [-0.2, -0.15) is 5.10 Å². The van der Waals surface area contributed by atoms with Gasteiger partial charge in [0.25, 0.3) is 0 Å². The Morgan fingerprint density at radius 1 is 1.56 bits per heavy atom. The van der Waals surface area contributed by atoms with E-state index in [0.717, 1.165) is 25.7 Å². The van der Waals surface area contributed by atoms with Gasteiger partial charge in [-0.1, -0.05) is 12.8 Å². The molecule has 3 N–H and O–H groups in total. The van der Waals surface area contributed by atoms with E-state index < -0.39 is 0 Å². The molecule has 2 amide bonds. The van der Waals surface area contributed by atoms with E-state index in [1.807, 2.05) is 0 Å². The highest BCUT2D eigenvalue weighted by Gasteiger charge is 2.25. The number of amides is 2. The van der Waals surface area contributed by atoms with Crippen molar-refractivity contribution in [2.24, 2.45) is 13.0 Å². The van der Waals surface area contributed by atoms with Crippen LogP contribution in [0.15, 0.2) is 12.3 Å². The van der Waals surface area contributed by atoms with Crippen LogP contribution in [-0.4, -0.2) is 33.6 Å². The summed E-state index contributed by atoms with van der Waals surface area (Å²) in [4.78, 5) is 11.8. The molecular formula is C12H20N4O2. The first-order chi connectivity index (χ1) is 8.69. The summed E-state index contributed by atoms with van der Waals surface area (Å²) < 4.78 is 1.63. The summed E-state index contributed by atoms with van der Waals surface area (Å²) in [5.74, 6) is 0.708. The van der Waals surface area contributed by atoms with Gasteiger partial charge in [-0.3, -0.25) is 10.00 Å². The number of hydrogen-bond donors (Lipinski definition) is 3. The molecule has 0 bridgehead atoms. The molecule has 1 fully saturated rings. The number of rotatable bonds is 3. The van der Waals surface area contributed by atoms with Crippen molar-refractivity contribution < 1.29 is 9.90 Å². The molecule has 0 saturated heterocycles. The Morgan fingerprint density at radius 3 is 3.00 bits per heavy atom. The summed E-state index contributed by atoms with van der Waals surface area (Å²) in [5, 5.41) is 19.0. The van der Waals surface area contributed by atoms with Crippen molar-refractivity contribution in [3.05, 3.63) is 12.3 Å². The molecule has 0 radical (unpaired) electrons. The molecular weight excluding hydrogens is 232 g/mol. The van der Waals surface area contributed by atoms with Gasteiger partial charge < -0.3 is 10.4 Å². The van der Waals surface area contributed by atoms with Gasteiger partial charge in [0.1, 0.15) is 0 Å². The molecule has 1 aliphatic rings. The normalized spacial score (nSPS) is 23.7. The highest BCUT2D eigenvalue weighted by molar-refractivity contribution is 5.88. The monoisotopic (exact) mass is 252 g/mol. The van der Waals surface area contributed by atoms with Crippen LogP contribution >= 0.6 is 0 Å². The number of hydrogen-bond acceptors (Lipinski definition) is 3. The predicted octanol–water partition coefficient (Wildman–Crippen LogP) is 1.09. The number of aliphatic hydroxyl groups is 1. The van der Waals surface area contributed by atoms with Crippen molar-refractivity contribution in [3.63, 3.8) is 0 Å². The zero-order valence-corrected chi connectivity index (χ0v) is 10.6.